The maximum absolute atomic E-state index is 4.59. The molecule has 1 aliphatic rings. The normalized spacial score (nSPS) is 18.3. The molecule has 2 unspecified atom stereocenters. The highest BCUT2D eigenvalue weighted by atomic mass is 15.3. The minimum Gasteiger partial charge on any atom is -0.365 e. The number of piperidine rings is 1. The smallest absolute Gasteiger partial charge is 0.227 e. The Bertz CT molecular complexity index is 1310. The molecule has 2 atom stereocenters. The average Bonchev–Trinajstić information content (AvgIpc) is 2.85. The molecule has 4 aromatic rings. The molecule has 1 fully saturated rings. The van der Waals surface area contributed by atoms with E-state index >= 15 is 0 Å². The van der Waals surface area contributed by atoms with E-state index in [0.717, 1.165) is 41.8 Å². The summed E-state index contributed by atoms with van der Waals surface area (Å²) < 4.78 is 0. The van der Waals surface area contributed by atoms with Gasteiger partial charge in [0, 0.05) is 65.6 Å². The van der Waals surface area contributed by atoms with Crippen LogP contribution in [0.4, 0.5) is 23.0 Å². The van der Waals surface area contributed by atoms with Crippen molar-refractivity contribution in [2.45, 2.75) is 58.3 Å². The van der Waals surface area contributed by atoms with Gasteiger partial charge in [-0.2, -0.15) is 0 Å². The number of hydrogen-bond acceptors (Lipinski definition) is 7. The summed E-state index contributed by atoms with van der Waals surface area (Å²) in [5.41, 5.74) is 5.55. The molecule has 3 heterocycles. The molecule has 36 heavy (non-hydrogen) atoms. The van der Waals surface area contributed by atoms with Crippen molar-refractivity contribution < 1.29 is 0 Å². The summed E-state index contributed by atoms with van der Waals surface area (Å²) in [6.45, 7) is 9.79. The first kappa shape index (κ1) is 24.0. The lowest BCUT2D eigenvalue weighted by Gasteiger charge is -2.44. The molecule has 1 saturated heterocycles. The molecule has 186 valence electrons. The predicted octanol–water partition coefficient (Wildman–Crippen LogP) is 5.87. The number of benzene rings is 2. The largest absolute Gasteiger partial charge is 0.365 e. The van der Waals surface area contributed by atoms with Crippen LogP contribution >= 0.6 is 0 Å². The first-order valence-electron chi connectivity index (χ1n) is 12.6. The maximum Gasteiger partial charge on any atom is 0.227 e. The molecule has 5 rings (SSSR count). The second-order valence-electron chi connectivity index (χ2n) is 10.5. The second-order valence-corrected chi connectivity index (χ2v) is 10.5. The lowest BCUT2D eigenvalue weighted by atomic mass is 9.96. The Kier molecular flexibility index (Phi) is 6.74. The van der Waals surface area contributed by atoms with E-state index in [1.54, 1.807) is 12.4 Å². The van der Waals surface area contributed by atoms with Gasteiger partial charge in [-0.05, 0) is 76.1 Å². The van der Waals surface area contributed by atoms with Crippen molar-refractivity contribution >= 4 is 33.9 Å². The van der Waals surface area contributed by atoms with Crippen molar-refractivity contribution in [1.29, 1.82) is 0 Å². The number of rotatable bonds is 6. The highest BCUT2D eigenvalue weighted by Crippen LogP contribution is 2.32. The third kappa shape index (κ3) is 5.57. The lowest BCUT2D eigenvalue weighted by molar-refractivity contribution is 0.297. The summed E-state index contributed by atoms with van der Waals surface area (Å²) in [4.78, 5) is 15.7. The number of anilines is 4. The Hall–Kier alpha value is -3.71. The number of aromatic nitrogens is 3. The van der Waals surface area contributed by atoms with Gasteiger partial charge in [-0.3, -0.25) is 4.98 Å². The summed E-state index contributed by atoms with van der Waals surface area (Å²) in [5, 5.41) is 12.2. The van der Waals surface area contributed by atoms with Crippen LogP contribution < -0.4 is 20.9 Å². The van der Waals surface area contributed by atoms with Gasteiger partial charge in [-0.25, -0.2) is 9.97 Å². The van der Waals surface area contributed by atoms with Gasteiger partial charge in [0.1, 0.15) is 6.17 Å². The Balaban J connectivity index is 1.42. The molecule has 0 amide bonds. The first-order valence-corrected chi connectivity index (χ1v) is 12.6. The minimum atomic E-state index is 0.0736. The van der Waals surface area contributed by atoms with Crippen LogP contribution in [0.3, 0.4) is 0 Å². The van der Waals surface area contributed by atoms with E-state index in [1.807, 2.05) is 18.3 Å². The zero-order valence-corrected chi connectivity index (χ0v) is 21.5. The number of para-hydroxylation sites is 1. The van der Waals surface area contributed by atoms with Crippen LogP contribution in [0.2, 0.25) is 0 Å². The number of hydrogen-bond donors (Lipinski definition) is 3. The Morgan fingerprint density at radius 2 is 1.72 bits per heavy atom. The van der Waals surface area contributed by atoms with Crippen LogP contribution in [-0.2, 0) is 0 Å². The third-order valence-electron chi connectivity index (χ3n) is 6.55. The quantitative estimate of drug-likeness (QED) is 0.318. The van der Waals surface area contributed by atoms with Crippen molar-refractivity contribution in [1.82, 2.24) is 20.3 Å². The van der Waals surface area contributed by atoms with Crippen LogP contribution in [0.1, 0.15) is 39.2 Å². The van der Waals surface area contributed by atoms with E-state index in [-0.39, 0.29) is 11.7 Å². The molecule has 7 heteroatoms. The maximum atomic E-state index is 4.59. The van der Waals surface area contributed by atoms with Crippen LogP contribution in [0.15, 0.2) is 73.2 Å². The molecule has 7 nitrogen and oxygen atoms in total. The molecule has 1 aliphatic heterocycles. The molecule has 0 bridgehead atoms. The van der Waals surface area contributed by atoms with Gasteiger partial charge in [0.2, 0.25) is 5.95 Å². The van der Waals surface area contributed by atoms with E-state index in [1.165, 1.54) is 11.1 Å². The first-order chi connectivity index (χ1) is 17.4. The molecule has 2 aromatic heterocycles. The second kappa shape index (κ2) is 10.1. The number of pyridine rings is 1. The molecule has 0 aliphatic carbocycles. The van der Waals surface area contributed by atoms with Gasteiger partial charge in [-0.15, -0.1) is 0 Å². The predicted molar refractivity (Wildman–Crippen MR) is 149 cm³/mol. The van der Waals surface area contributed by atoms with Gasteiger partial charge in [0.15, 0.2) is 0 Å². The van der Waals surface area contributed by atoms with Crippen molar-refractivity contribution in [2.24, 2.45) is 0 Å². The highest BCUT2D eigenvalue weighted by molar-refractivity contribution is 5.91. The van der Waals surface area contributed by atoms with Crippen molar-refractivity contribution in [3.8, 4) is 0 Å². The lowest BCUT2D eigenvalue weighted by Crippen LogP contribution is -2.55. The summed E-state index contributed by atoms with van der Waals surface area (Å²) >= 11 is 0. The molecule has 0 saturated carbocycles. The van der Waals surface area contributed by atoms with Gasteiger partial charge in [0.25, 0.3) is 0 Å². The third-order valence-corrected chi connectivity index (χ3v) is 6.55. The topological polar surface area (TPSA) is 78.0 Å². The van der Waals surface area contributed by atoms with Crippen LogP contribution in [-0.4, -0.2) is 39.2 Å². The Labute approximate surface area is 213 Å². The Morgan fingerprint density at radius 1 is 0.917 bits per heavy atom. The monoisotopic (exact) mass is 481 g/mol. The molecule has 0 radical (unpaired) electrons. The van der Waals surface area contributed by atoms with Gasteiger partial charge < -0.3 is 20.9 Å². The molecule has 3 N–H and O–H groups in total. The highest BCUT2D eigenvalue weighted by Gasteiger charge is 2.31. The van der Waals surface area contributed by atoms with E-state index < -0.39 is 0 Å². The van der Waals surface area contributed by atoms with E-state index in [9.17, 15) is 0 Å². The number of nitrogens with one attached hydrogen (secondary N) is 3. The SMILES string of the molecule is Cc1cc(NC2CC(NC(C)(C)C)CCN2c2ccnc3ccccc23)ccc1Nc1ncccn1. The molecule has 2 aromatic carbocycles. The number of aryl methyl sites for hydroxylation is 1. The summed E-state index contributed by atoms with van der Waals surface area (Å²) in [6.07, 6.45) is 7.62. The zero-order chi connectivity index (χ0) is 25.1. The van der Waals surface area contributed by atoms with Crippen molar-refractivity contribution in [2.75, 3.05) is 22.1 Å². The van der Waals surface area contributed by atoms with Gasteiger partial charge >= 0.3 is 0 Å². The molecular formula is C29H35N7. The minimum absolute atomic E-state index is 0.0736. The van der Waals surface area contributed by atoms with Gasteiger partial charge in [-0.1, -0.05) is 18.2 Å². The molecular weight excluding hydrogens is 446 g/mol. The summed E-state index contributed by atoms with van der Waals surface area (Å²) in [6, 6.07) is 19.2. The number of nitrogens with zero attached hydrogens (tertiary/aromatic N) is 4. The van der Waals surface area contributed by atoms with E-state index in [0.29, 0.717) is 12.0 Å². The van der Waals surface area contributed by atoms with E-state index in [2.05, 4.69) is 106 Å². The zero-order valence-electron chi connectivity index (χ0n) is 21.5. The van der Waals surface area contributed by atoms with Crippen molar-refractivity contribution in [3.63, 3.8) is 0 Å². The molecule has 0 spiro atoms. The van der Waals surface area contributed by atoms with Crippen LogP contribution in [0.5, 0.6) is 0 Å². The van der Waals surface area contributed by atoms with Crippen molar-refractivity contribution in [3.05, 3.63) is 78.8 Å². The fourth-order valence-electron chi connectivity index (χ4n) is 5.04. The fraction of sp³-hybridized carbons (Fsp3) is 0.345. The fourth-order valence-corrected chi connectivity index (χ4v) is 5.04. The van der Waals surface area contributed by atoms with E-state index in [4.69, 9.17) is 0 Å². The standard InChI is InChI=1S/C29H35N7/c1-20-18-21(10-11-24(20)34-28-31-14-7-15-32-28)33-27-19-22(35-29(2,3)4)13-17-36(27)26-12-16-30-25-9-6-5-8-23(25)26/h5-12,14-16,18,22,27,33,35H,13,17,19H2,1-4H3,(H,31,32,34). The Morgan fingerprint density at radius 3 is 2.50 bits per heavy atom. The van der Waals surface area contributed by atoms with Crippen LogP contribution in [0, 0.1) is 6.92 Å². The van der Waals surface area contributed by atoms with Gasteiger partial charge in [0.05, 0.1) is 5.52 Å². The summed E-state index contributed by atoms with van der Waals surface area (Å²) in [7, 11) is 0. The average molecular weight is 482 g/mol. The van der Waals surface area contributed by atoms with Crippen LogP contribution in [0.25, 0.3) is 10.9 Å². The summed E-state index contributed by atoms with van der Waals surface area (Å²) in [5.74, 6) is 0.598. The number of fused-ring (bicyclic) bond motifs is 1.